The van der Waals surface area contributed by atoms with Gasteiger partial charge in [-0.3, -0.25) is 4.98 Å². The summed E-state index contributed by atoms with van der Waals surface area (Å²) in [6.45, 7) is 2.11. The van der Waals surface area contributed by atoms with Crippen molar-refractivity contribution in [3.63, 3.8) is 0 Å². The third-order valence-corrected chi connectivity index (χ3v) is 5.47. The summed E-state index contributed by atoms with van der Waals surface area (Å²) in [7, 11) is 0. The van der Waals surface area contributed by atoms with E-state index in [9.17, 15) is 0 Å². The van der Waals surface area contributed by atoms with Gasteiger partial charge in [0.1, 0.15) is 0 Å². The highest BCUT2D eigenvalue weighted by molar-refractivity contribution is 14.1. The molecule has 2 aromatic carbocycles. The molecule has 1 aromatic heterocycles. The topological polar surface area (TPSA) is 12.9 Å². The first kappa shape index (κ1) is 14.8. The van der Waals surface area contributed by atoms with Gasteiger partial charge in [0.15, 0.2) is 0 Å². The highest BCUT2D eigenvalue weighted by Crippen LogP contribution is 2.30. The molecule has 1 heterocycles. The number of rotatable bonds is 3. The van der Waals surface area contributed by atoms with Gasteiger partial charge in [0.05, 0.1) is 10.9 Å². The van der Waals surface area contributed by atoms with Gasteiger partial charge in [-0.05, 0) is 52.8 Å². The number of alkyl halides is 1. The Hall–Kier alpha value is -1.13. The lowest BCUT2D eigenvalue weighted by molar-refractivity contribution is 0.881. The van der Waals surface area contributed by atoms with Crippen LogP contribution in [0.4, 0.5) is 0 Å². The Morgan fingerprint density at radius 3 is 2.71 bits per heavy atom. The van der Waals surface area contributed by atoms with Crippen molar-refractivity contribution in [2.75, 3.05) is 0 Å². The molecule has 0 radical (unpaired) electrons. The van der Waals surface area contributed by atoms with Crippen molar-refractivity contribution in [1.82, 2.24) is 4.98 Å². The number of benzene rings is 2. The van der Waals surface area contributed by atoms with E-state index in [0.717, 1.165) is 23.0 Å². The summed E-state index contributed by atoms with van der Waals surface area (Å²) in [5, 5.41) is 1.11. The van der Waals surface area contributed by atoms with Gasteiger partial charge >= 0.3 is 0 Å². The van der Waals surface area contributed by atoms with Crippen LogP contribution in [0.15, 0.2) is 54.6 Å². The number of para-hydroxylation sites is 1. The Kier molecular flexibility index (Phi) is 4.45. The fourth-order valence-corrected chi connectivity index (χ4v) is 3.69. The minimum atomic E-state index is -0.0505. The molecular formula is C18H15ClIN. The van der Waals surface area contributed by atoms with Crippen molar-refractivity contribution >= 4 is 45.1 Å². The Morgan fingerprint density at radius 2 is 1.86 bits per heavy atom. The molecule has 0 aliphatic heterocycles. The number of halogens is 2. The van der Waals surface area contributed by atoms with E-state index in [-0.39, 0.29) is 5.38 Å². The number of aryl methyl sites for hydroxylation is 1. The lowest BCUT2D eigenvalue weighted by Crippen LogP contribution is -2.01. The number of aromatic nitrogens is 1. The maximum atomic E-state index is 6.62. The van der Waals surface area contributed by atoms with E-state index in [1.54, 1.807) is 0 Å². The van der Waals surface area contributed by atoms with Crippen LogP contribution in [0.5, 0.6) is 0 Å². The summed E-state index contributed by atoms with van der Waals surface area (Å²) in [5.41, 5.74) is 4.52. The zero-order chi connectivity index (χ0) is 14.8. The molecule has 0 N–H and O–H groups in total. The van der Waals surface area contributed by atoms with Crippen LogP contribution in [-0.2, 0) is 6.42 Å². The molecule has 1 nitrogen and oxygen atoms in total. The molecule has 0 spiro atoms. The molecule has 0 saturated carbocycles. The molecule has 0 aliphatic rings. The zero-order valence-corrected chi connectivity index (χ0v) is 14.6. The molecule has 3 aromatic rings. The summed E-state index contributed by atoms with van der Waals surface area (Å²) in [6.07, 6.45) is 0.742. The van der Waals surface area contributed by atoms with Crippen LogP contribution in [0.2, 0.25) is 0 Å². The summed E-state index contributed by atoms with van der Waals surface area (Å²) in [4.78, 5) is 4.71. The summed E-state index contributed by atoms with van der Waals surface area (Å²) in [6, 6.07) is 18.6. The highest BCUT2D eigenvalue weighted by Gasteiger charge is 2.14. The SMILES string of the molecule is Cc1cccc(C(Cl)Cc2ccc3ccccc3n2)c1I. The van der Waals surface area contributed by atoms with Crippen LogP contribution < -0.4 is 0 Å². The summed E-state index contributed by atoms with van der Waals surface area (Å²) < 4.78 is 1.25. The van der Waals surface area contributed by atoms with Crippen molar-refractivity contribution < 1.29 is 0 Å². The third-order valence-electron chi connectivity index (χ3n) is 3.60. The van der Waals surface area contributed by atoms with Crippen LogP contribution in [0.3, 0.4) is 0 Å². The van der Waals surface area contributed by atoms with E-state index in [4.69, 9.17) is 16.6 Å². The molecule has 3 heteroatoms. The standard InChI is InChI=1S/C18H15ClIN/c1-12-5-4-7-15(18(12)20)16(19)11-14-10-9-13-6-2-3-8-17(13)21-14/h2-10,16H,11H2,1H3. The molecule has 106 valence electrons. The normalized spacial score (nSPS) is 12.5. The first-order valence-corrected chi connectivity index (χ1v) is 8.40. The highest BCUT2D eigenvalue weighted by atomic mass is 127. The van der Waals surface area contributed by atoms with Crippen LogP contribution >= 0.6 is 34.2 Å². The van der Waals surface area contributed by atoms with E-state index in [2.05, 4.69) is 65.9 Å². The number of pyridine rings is 1. The molecule has 1 atom stereocenters. The van der Waals surface area contributed by atoms with Crippen molar-refractivity contribution in [1.29, 1.82) is 0 Å². The van der Waals surface area contributed by atoms with Gasteiger partial charge in [-0.2, -0.15) is 0 Å². The molecule has 0 fully saturated rings. The zero-order valence-electron chi connectivity index (χ0n) is 11.7. The molecule has 0 amide bonds. The average molecular weight is 408 g/mol. The van der Waals surface area contributed by atoms with E-state index in [1.807, 2.05) is 18.2 Å². The molecular weight excluding hydrogens is 393 g/mol. The average Bonchev–Trinajstić information content (AvgIpc) is 2.50. The molecule has 1 unspecified atom stereocenters. The summed E-state index contributed by atoms with van der Waals surface area (Å²) in [5.74, 6) is 0. The van der Waals surface area contributed by atoms with Crippen LogP contribution in [0.1, 0.15) is 22.2 Å². The largest absolute Gasteiger partial charge is 0.253 e. The minimum Gasteiger partial charge on any atom is -0.253 e. The maximum Gasteiger partial charge on any atom is 0.0705 e. The number of hydrogen-bond acceptors (Lipinski definition) is 1. The Bertz CT molecular complexity index is 785. The maximum absolute atomic E-state index is 6.62. The number of nitrogens with zero attached hydrogens (tertiary/aromatic N) is 1. The van der Waals surface area contributed by atoms with Crippen LogP contribution in [0.25, 0.3) is 10.9 Å². The molecule has 0 aliphatic carbocycles. The van der Waals surface area contributed by atoms with E-state index in [0.29, 0.717) is 0 Å². The molecule has 21 heavy (non-hydrogen) atoms. The number of fused-ring (bicyclic) bond motifs is 1. The van der Waals surface area contributed by atoms with Crippen molar-refractivity contribution in [2.45, 2.75) is 18.7 Å². The summed E-state index contributed by atoms with van der Waals surface area (Å²) >= 11 is 9.00. The fourth-order valence-electron chi connectivity index (χ4n) is 2.43. The molecule has 3 rings (SSSR count). The van der Waals surface area contributed by atoms with Crippen LogP contribution in [-0.4, -0.2) is 4.98 Å². The lowest BCUT2D eigenvalue weighted by atomic mass is 10.0. The van der Waals surface area contributed by atoms with Crippen molar-refractivity contribution in [2.24, 2.45) is 0 Å². The second-order valence-electron chi connectivity index (χ2n) is 5.15. The van der Waals surface area contributed by atoms with E-state index in [1.165, 1.54) is 14.7 Å². The predicted molar refractivity (Wildman–Crippen MR) is 97.9 cm³/mol. The Morgan fingerprint density at radius 1 is 1.05 bits per heavy atom. The molecule has 0 saturated heterocycles. The monoisotopic (exact) mass is 407 g/mol. The number of hydrogen-bond donors (Lipinski definition) is 0. The Balaban J connectivity index is 1.89. The smallest absolute Gasteiger partial charge is 0.0705 e. The van der Waals surface area contributed by atoms with Gasteiger partial charge in [0, 0.05) is 21.1 Å². The van der Waals surface area contributed by atoms with Gasteiger partial charge in [-0.1, -0.05) is 42.5 Å². The quantitative estimate of drug-likeness (QED) is 0.403. The second-order valence-corrected chi connectivity index (χ2v) is 6.75. The predicted octanol–water partition coefficient (Wildman–Crippen LogP) is 5.67. The van der Waals surface area contributed by atoms with Gasteiger partial charge in [-0.15, -0.1) is 11.6 Å². The molecule has 0 bridgehead atoms. The second kappa shape index (κ2) is 6.32. The first-order valence-electron chi connectivity index (χ1n) is 6.89. The van der Waals surface area contributed by atoms with Gasteiger partial charge in [-0.25, -0.2) is 0 Å². The first-order chi connectivity index (χ1) is 10.1. The van der Waals surface area contributed by atoms with Crippen molar-refractivity contribution in [3.8, 4) is 0 Å². The van der Waals surface area contributed by atoms with Crippen LogP contribution in [0, 0.1) is 10.5 Å². The Labute approximate surface area is 143 Å². The van der Waals surface area contributed by atoms with Crippen molar-refractivity contribution in [3.05, 3.63) is 75.0 Å². The van der Waals surface area contributed by atoms with Gasteiger partial charge in [0.25, 0.3) is 0 Å². The van der Waals surface area contributed by atoms with E-state index < -0.39 is 0 Å². The fraction of sp³-hybridized carbons (Fsp3) is 0.167. The minimum absolute atomic E-state index is 0.0505. The lowest BCUT2D eigenvalue weighted by Gasteiger charge is -2.13. The van der Waals surface area contributed by atoms with Gasteiger partial charge < -0.3 is 0 Å². The third kappa shape index (κ3) is 3.22. The van der Waals surface area contributed by atoms with E-state index >= 15 is 0 Å². The van der Waals surface area contributed by atoms with Gasteiger partial charge in [0.2, 0.25) is 0 Å².